The molecule has 0 aromatic heterocycles. The summed E-state index contributed by atoms with van der Waals surface area (Å²) in [5, 5.41) is 2.65. The molecular weight excluding hydrogens is 334 g/mol. The van der Waals surface area contributed by atoms with E-state index in [0.717, 1.165) is 10.0 Å². The van der Waals surface area contributed by atoms with Crippen LogP contribution in [0.1, 0.15) is 5.56 Å². The number of benzene rings is 2. The largest absolute Gasteiger partial charge is 0.455 e. The normalized spacial score (nSPS) is 9.95. The van der Waals surface area contributed by atoms with Crippen LogP contribution in [0, 0.1) is 0 Å². The van der Waals surface area contributed by atoms with Gasteiger partial charge in [-0.05, 0) is 29.8 Å². The van der Waals surface area contributed by atoms with Gasteiger partial charge in [0.2, 0.25) is 0 Å². The molecule has 0 spiro atoms. The number of anilines is 1. The quantitative estimate of drug-likeness (QED) is 0.845. The molecule has 0 heterocycles. The van der Waals surface area contributed by atoms with Crippen molar-refractivity contribution < 1.29 is 14.3 Å². The van der Waals surface area contributed by atoms with Crippen molar-refractivity contribution in [1.29, 1.82) is 0 Å². The summed E-state index contributed by atoms with van der Waals surface area (Å²) in [6.45, 7) is -0.290. The lowest BCUT2D eigenvalue weighted by Gasteiger charge is -2.06. The SMILES string of the molecule is O=C(COC(=O)Cc1ccccc1)Nc1ccc(Br)cc1. The molecular formula is C16H14BrNO3. The fourth-order valence-corrected chi connectivity index (χ4v) is 1.95. The molecule has 0 saturated carbocycles. The third-order valence-electron chi connectivity index (χ3n) is 2.68. The molecule has 0 atom stereocenters. The number of halogens is 1. The molecule has 0 aliphatic carbocycles. The smallest absolute Gasteiger partial charge is 0.310 e. The van der Waals surface area contributed by atoms with Crippen LogP contribution in [-0.2, 0) is 20.7 Å². The van der Waals surface area contributed by atoms with E-state index in [1.54, 1.807) is 12.1 Å². The summed E-state index contributed by atoms with van der Waals surface area (Å²) in [6, 6.07) is 16.4. The Kier molecular flexibility index (Phi) is 5.51. The maximum atomic E-state index is 11.7. The molecule has 0 fully saturated rings. The van der Waals surface area contributed by atoms with Crippen LogP contribution in [0.15, 0.2) is 59.1 Å². The van der Waals surface area contributed by atoms with Crippen molar-refractivity contribution in [2.45, 2.75) is 6.42 Å². The van der Waals surface area contributed by atoms with Crippen LogP contribution in [0.4, 0.5) is 5.69 Å². The Balaban J connectivity index is 1.76. The van der Waals surface area contributed by atoms with Gasteiger partial charge in [-0.15, -0.1) is 0 Å². The van der Waals surface area contributed by atoms with E-state index in [1.165, 1.54) is 0 Å². The molecule has 2 aromatic carbocycles. The first-order valence-corrected chi connectivity index (χ1v) is 7.18. The van der Waals surface area contributed by atoms with Crippen molar-refractivity contribution >= 4 is 33.5 Å². The highest BCUT2D eigenvalue weighted by molar-refractivity contribution is 9.10. The maximum Gasteiger partial charge on any atom is 0.310 e. The van der Waals surface area contributed by atoms with Crippen LogP contribution in [-0.4, -0.2) is 18.5 Å². The maximum absolute atomic E-state index is 11.7. The first-order chi connectivity index (χ1) is 10.1. The second-order valence-corrected chi connectivity index (χ2v) is 5.29. The zero-order chi connectivity index (χ0) is 15.1. The van der Waals surface area contributed by atoms with Gasteiger partial charge in [0.1, 0.15) is 0 Å². The van der Waals surface area contributed by atoms with Crippen LogP contribution in [0.5, 0.6) is 0 Å². The van der Waals surface area contributed by atoms with E-state index in [4.69, 9.17) is 4.74 Å². The van der Waals surface area contributed by atoms with Gasteiger partial charge in [0, 0.05) is 10.2 Å². The van der Waals surface area contributed by atoms with Crippen LogP contribution < -0.4 is 5.32 Å². The second kappa shape index (κ2) is 7.59. The fourth-order valence-electron chi connectivity index (χ4n) is 1.69. The lowest BCUT2D eigenvalue weighted by atomic mass is 10.2. The predicted octanol–water partition coefficient (Wildman–Crippen LogP) is 3.17. The Morgan fingerprint density at radius 2 is 1.67 bits per heavy atom. The molecule has 0 aliphatic rings. The lowest BCUT2D eigenvalue weighted by Crippen LogP contribution is -2.21. The summed E-state index contributed by atoms with van der Waals surface area (Å²) in [6.07, 6.45) is 0.159. The molecule has 21 heavy (non-hydrogen) atoms. The summed E-state index contributed by atoms with van der Waals surface area (Å²) >= 11 is 3.31. The third kappa shape index (κ3) is 5.39. The Bertz CT molecular complexity index is 611. The summed E-state index contributed by atoms with van der Waals surface area (Å²) in [7, 11) is 0. The monoisotopic (exact) mass is 347 g/mol. The average molecular weight is 348 g/mol. The Morgan fingerprint density at radius 3 is 2.33 bits per heavy atom. The summed E-state index contributed by atoms with van der Waals surface area (Å²) in [4.78, 5) is 23.3. The summed E-state index contributed by atoms with van der Waals surface area (Å²) in [5.74, 6) is -0.786. The first-order valence-electron chi connectivity index (χ1n) is 6.38. The molecule has 5 heteroatoms. The zero-order valence-electron chi connectivity index (χ0n) is 11.2. The number of carbonyl (C=O) groups excluding carboxylic acids is 2. The lowest BCUT2D eigenvalue weighted by molar-refractivity contribution is -0.146. The molecule has 4 nitrogen and oxygen atoms in total. The molecule has 0 radical (unpaired) electrons. The van der Waals surface area contributed by atoms with Crippen molar-refractivity contribution in [2.24, 2.45) is 0 Å². The van der Waals surface area contributed by atoms with E-state index in [0.29, 0.717) is 5.69 Å². The second-order valence-electron chi connectivity index (χ2n) is 4.38. The van der Waals surface area contributed by atoms with Gasteiger partial charge in [-0.25, -0.2) is 0 Å². The summed E-state index contributed by atoms with van der Waals surface area (Å²) < 4.78 is 5.87. The highest BCUT2D eigenvalue weighted by atomic mass is 79.9. The Hall–Kier alpha value is -2.14. The van der Waals surface area contributed by atoms with Crippen molar-refractivity contribution in [3.05, 3.63) is 64.6 Å². The molecule has 108 valence electrons. The highest BCUT2D eigenvalue weighted by Gasteiger charge is 2.08. The first kappa shape index (κ1) is 15.3. The molecule has 1 amide bonds. The molecule has 0 bridgehead atoms. The molecule has 1 N–H and O–H groups in total. The highest BCUT2D eigenvalue weighted by Crippen LogP contribution is 2.13. The molecule has 0 saturated heterocycles. The molecule has 2 aromatic rings. The van der Waals surface area contributed by atoms with E-state index in [-0.39, 0.29) is 18.9 Å². The average Bonchev–Trinajstić information content (AvgIpc) is 2.49. The number of carbonyl (C=O) groups is 2. The van der Waals surface area contributed by atoms with Crippen LogP contribution in [0.2, 0.25) is 0 Å². The van der Waals surface area contributed by atoms with Crippen molar-refractivity contribution in [1.82, 2.24) is 0 Å². The van der Waals surface area contributed by atoms with E-state index in [9.17, 15) is 9.59 Å². The molecule has 2 rings (SSSR count). The number of hydrogen-bond acceptors (Lipinski definition) is 3. The van der Waals surface area contributed by atoms with Gasteiger partial charge >= 0.3 is 5.97 Å². The molecule has 0 aliphatic heterocycles. The molecule has 0 unspecified atom stereocenters. The van der Waals surface area contributed by atoms with E-state index < -0.39 is 5.97 Å². The van der Waals surface area contributed by atoms with Crippen LogP contribution >= 0.6 is 15.9 Å². The van der Waals surface area contributed by atoms with Crippen molar-refractivity contribution in [3.8, 4) is 0 Å². The van der Waals surface area contributed by atoms with Gasteiger partial charge in [0.05, 0.1) is 6.42 Å². The minimum atomic E-state index is -0.424. The third-order valence-corrected chi connectivity index (χ3v) is 3.21. The van der Waals surface area contributed by atoms with Gasteiger partial charge in [0.25, 0.3) is 5.91 Å². The fraction of sp³-hybridized carbons (Fsp3) is 0.125. The predicted molar refractivity (Wildman–Crippen MR) is 83.9 cm³/mol. The topological polar surface area (TPSA) is 55.4 Å². The zero-order valence-corrected chi connectivity index (χ0v) is 12.8. The number of esters is 1. The summed E-state index contributed by atoms with van der Waals surface area (Å²) in [5.41, 5.74) is 1.51. The van der Waals surface area contributed by atoms with Gasteiger partial charge in [-0.1, -0.05) is 46.3 Å². The van der Waals surface area contributed by atoms with Gasteiger partial charge in [0.15, 0.2) is 6.61 Å². The number of ether oxygens (including phenoxy) is 1. The van der Waals surface area contributed by atoms with Gasteiger partial charge in [-0.2, -0.15) is 0 Å². The Labute approximate surface area is 131 Å². The standard InChI is InChI=1S/C16H14BrNO3/c17-13-6-8-14(9-7-13)18-15(19)11-21-16(20)10-12-4-2-1-3-5-12/h1-9H,10-11H2,(H,18,19). The van der Waals surface area contributed by atoms with Gasteiger partial charge in [-0.3, -0.25) is 9.59 Å². The van der Waals surface area contributed by atoms with E-state index >= 15 is 0 Å². The Morgan fingerprint density at radius 1 is 1.00 bits per heavy atom. The van der Waals surface area contributed by atoms with E-state index in [1.807, 2.05) is 42.5 Å². The minimum Gasteiger partial charge on any atom is -0.455 e. The minimum absolute atomic E-state index is 0.159. The van der Waals surface area contributed by atoms with E-state index in [2.05, 4.69) is 21.2 Å². The van der Waals surface area contributed by atoms with Crippen LogP contribution in [0.3, 0.4) is 0 Å². The van der Waals surface area contributed by atoms with Gasteiger partial charge < -0.3 is 10.1 Å². The number of hydrogen-bond donors (Lipinski definition) is 1. The van der Waals surface area contributed by atoms with Crippen molar-refractivity contribution in [2.75, 3.05) is 11.9 Å². The number of rotatable bonds is 5. The van der Waals surface area contributed by atoms with Crippen LogP contribution in [0.25, 0.3) is 0 Å². The van der Waals surface area contributed by atoms with Crippen molar-refractivity contribution in [3.63, 3.8) is 0 Å². The number of amides is 1. The number of nitrogens with one attached hydrogen (secondary N) is 1.